The lowest BCUT2D eigenvalue weighted by Gasteiger charge is -2.30. The fourth-order valence-electron chi connectivity index (χ4n) is 4.94. The number of benzene rings is 3. The highest BCUT2D eigenvalue weighted by Crippen LogP contribution is 2.38. The number of nitrogens with zero attached hydrogens (tertiary/aromatic N) is 1. The summed E-state index contributed by atoms with van der Waals surface area (Å²) in [6.07, 6.45) is 0.0142. The lowest BCUT2D eigenvalue weighted by atomic mass is 10.0. The minimum Gasteiger partial charge on any atom is -0.465 e. The molecule has 1 aromatic heterocycles. The Morgan fingerprint density at radius 1 is 0.956 bits per heavy atom. The van der Waals surface area contributed by atoms with E-state index in [0.717, 1.165) is 26.1 Å². The Kier molecular flexibility index (Phi) is 9.50. The Balaban J connectivity index is 1.26. The zero-order valence-electron chi connectivity index (χ0n) is 25.8. The summed E-state index contributed by atoms with van der Waals surface area (Å²) in [5, 5.41) is 7.77. The quantitative estimate of drug-likeness (QED) is 0.160. The maximum absolute atomic E-state index is 13.3. The fourth-order valence-corrected chi connectivity index (χ4v) is 7.12. The van der Waals surface area contributed by atoms with Gasteiger partial charge in [0.1, 0.15) is 10.6 Å². The smallest absolute Gasteiger partial charge is 0.410 e. The van der Waals surface area contributed by atoms with E-state index in [1.807, 2.05) is 75.4 Å². The first-order chi connectivity index (χ1) is 21.4. The molecule has 1 aliphatic rings. The van der Waals surface area contributed by atoms with Crippen LogP contribution in [0.1, 0.15) is 58.9 Å². The van der Waals surface area contributed by atoms with Gasteiger partial charge in [0, 0.05) is 27.6 Å². The normalized spacial score (nSPS) is 13.5. The van der Waals surface area contributed by atoms with Crippen LogP contribution in [0.2, 0.25) is 0 Å². The number of nitrogens with one attached hydrogen (secondary N) is 2. The van der Waals surface area contributed by atoms with Crippen molar-refractivity contribution in [2.24, 2.45) is 0 Å². The van der Waals surface area contributed by atoms with Crippen molar-refractivity contribution in [1.82, 2.24) is 4.90 Å². The molecule has 0 saturated heterocycles. The molecular formula is C34H35N3O6S2. The van der Waals surface area contributed by atoms with Crippen molar-refractivity contribution in [2.75, 3.05) is 24.3 Å². The molecule has 0 aliphatic carbocycles. The van der Waals surface area contributed by atoms with Crippen LogP contribution in [-0.2, 0) is 27.2 Å². The van der Waals surface area contributed by atoms with E-state index in [0.29, 0.717) is 34.8 Å². The Bertz CT molecular complexity index is 1780. The number of ether oxygens (including phenoxy) is 2. The molecule has 1 aliphatic heterocycles. The summed E-state index contributed by atoms with van der Waals surface area (Å²) in [4.78, 5) is 55.0. The van der Waals surface area contributed by atoms with E-state index in [-0.39, 0.29) is 18.4 Å². The van der Waals surface area contributed by atoms with Crippen LogP contribution in [0.15, 0.2) is 71.6 Å². The van der Waals surface area contributed by atoms with Crippen molar-refractivity contribution in [3.05, 3.63) is 88.3 Å². The standard InChI is InChI=1S/C34H35N3O6S2/c1-20(44-25-12-8-11-24(18-25)35-30(39)23-14-13-21-9-6-7-10-22(21)17-23)29(38)36-31-28(32(40)42-5)26-15-16-37(19-27(26)45-31)33(41)43-34(2,3)4/h6-14,17-18,20H,15-16,19H2,1-5H3,(H,35,39)(H,36,38). The Morgan fingerprint density at radius 3 is 2.44 bits per heavy atom. The van der Waals surface area contributed by atoms with Gasteiger partial charge >= 0.3 is 12.1 Å². The van der Waals surface area contributed by atoms with E-state index in [4.69, 9.17) is 9.47 Å². The number of amides is 3. The maximum atomic E-state index is 13.3. The number of esters is 1. The molecule has 9 nitrogen and oxygen atoms in total. The molecule has 3 amide bonds. The van der Waals surface area contributed by atoms with E-state index in [2.05, 4.69) is 10.6 Å². The number of hydrogen-bond acceptors (Lipinski definition) is 8. The highest BCUT2D eigenvalue weighted by Gasteiger charge is 2.33. The van der Waals surface area contributed by atoms with Gasteiger partial charge in [-0.2, -0.15) is 0 Å². The number of thiophene rings is 1. The molecule has 234 valence electrons. The van der Waals surface area contributed by atoms with Crippen LogP contribution in [0.5, 0.6) is 0 Å². The third-order valence-electron chi connectivity index (χ3n) is 7.12. The second kappa shape index (κ2) is 13.3. The van der Waals surface area contributed by atoms with Crippen LogP contribution in [0.4, 0.5) is 15.5 Å². The third-order valence-corrected chi connectivity index (χ3v) is 9.35. The lowest BCUT2D eigenvalue weighted by Crippen LogP contribution is -2.39. The number of thioether (sulfide) groups is 1. The summed E-state index contributed by atoms with van der Waals surface area (Å²) in [5.41, 5.74) is 1.63. The van der Waals surface area contributed by atoms with Gasteiger partial charge in [-0.1, -0.05) is 36.4 Å². The van der Waals surface area contributed by atoms with Gasteiger partial charge in [-0.3, -0.25) is 9.59 Å². The first-order valence-electron chi connectivity index (χ1n) is 14.5. The highest BCUT2D eigenvalue weighted by molar-refractivity contribution is 8.00. The monoisotopic (exact) mass is 645 g/mol. The average Bonchev–Trinajstić information content (AvgIpc) is 3.36. The highest BCUT2D eigenvalue weighted by atomic mass is 32.2. The summed E-state index contributed by atoms with van der Waals surface area (Å²) in [5.74, 6) is -1.06. The topological polar surface area (TPSA) is 114 Å². The van der Waals surface area contributed by atoms with Crippen LogP contribution >= 0.6 is 23.1 Å². The van der Waals surface area contributed by atoms with Crippen molar-refractivity contribution in [3.8, 4) is 0 Å². The second-order valence-electron chi connectivity index (χ2n) is 11.6. The molecule has 11 heteroatoms. The zero-order chi connectivity index (χ0) is 32.3. The summed E-state index contributed by atoms with van der Waals surface area (Å²) in [6, 6.07) is 20.7. The largest absolute Gasteiger partial charge is 0.465 e. The van der Waals surface area contributed by atoms with Crippen LogP contribution in [-0.4, -0.2) is 53.3 Å². The van der Waals surface area contributed by atoms with Gasteiger partial charge in [-0.25, -0.2) is 9.59 Å². The molecule has 0 saturated carbocycles. The molecular weight excluding hydrogens is 611 g/mol. The van der Waals surface area contributed by atoms with Crippen LogP contribution in [0, 0.1) is 0 Å². The van der Waals surface area contributed by atoms with Gasteiger partial charge in [-0.05, 0) is 80.8 Å². The number of rotatable bonds is 7. The van der Waals surface area contributed by atoms with Crippen molar-refractivity contribution in [1.29, 1.82) is 0 Å². The molecule has 0 bridgehead atoms. The minimum atomic E-state index is -0.626. The van der Waals surface area contributed by atoms with Crippen LogP contribution in [0.3, 0.4) is 0 Å². The Hall–Kier alpha value is -4.35. The van der Waals surface area contributed by atoms with Gasteiger partial charge in [0.05, 0.1) is 24.5 Å². The van der Waals surface area contributed by atoms with E-state index in [9.17, 15) is 19.2 Å². The molecule has 4 aromatic rings. The zero-order valence-corrected chi connectivity index (χ0v) is 27.4. The third kappa shape index (κ3) is 7.66. The van der Waals surface area contributed by atoms with Crippen molar-refractivity contribution < 1.29 is 28.7 Å². The number of methoxy groups -OCH3 is 1. The molecule has 3 aromatic carbocycles. The summed E-state index contributed by atoms with van der Waals surface area (Å²) in [6.45, 7) is 7.87. The van der Waals surface area contributed by atoms with Crippen LogP contribution in [0.25, 0.3) is 10.8 Å². The number of carbonyl (C=O) groups excluding carboxylic acids is 4. The lowest BCUT2D eigenvalue weighted by molar-refractivity contribution is -0.115. The molecule has 5 rings (SSSR count). The van der Waals surface area contributed by atoms with Crippen molar-refractivity contribution in [3.63, 3.8) is 0 Å². The Labute approximate surface area is 270 Å². The SMILES string of the molecule is COC(=O)c1c(NC(=O)C(C)Sc2cccc(NC(=O)c3ccc4ccccc4c3)c2)sc2c1CCN(C(=O)OC(C)(C)C)C2. The van der Waals surface area contributed by atoms with E-state index in [1.165, 1.54) is 30.2 Å². The first kappa shape index (κ1) is 32.1. The summed E-state index contributed by atoms with van der Waals surface area (Å²) in [7, 11) is 1.30. The first-order valence-corrected chi connectivity index (χ1v) is 16.2. The molecule has 1 unspecified atom stereocenters. The molecule has 0 fully saturated rings. The van der Waals surface area contributed by atoms with Gasteiger partial charge < -0.3 is 25.0 Å². The summed E-state index contributed by atoms with van der Waals surface area (Å²) < 4.78 is 10.6. The Morgan fingerprint density at radius 2 is 1.71 bits per heavy atom. The van der Waals surface area contributed by atoms with Gasteiger partial charge in [0.25, 0.3) is 5.91 Å². The number of hydrogen-bond donors (Lipinski definition) is 2. The molecule has 45 heavy (non-hydrogen) atoms. The molecule has 0 radical (unpaired) electrons. The number of carbonyl (C=O) groups is 4. The molecule has 2 N–H and O–H groups in total. The van der Waals surface area contributed by atoms with Crippen LogP contribution < -0.4 is 10.6 Å². The van der Waals surface area contributed by atoms with Gasteiger partial charge in [0.2, 0.25) is 5.91 Å². The van der Waals surface area contributed by atoms with Gasteiger partial charge in [0.15, 0.2) is 0 Å². The predicted octanol–water partition coefficient (Wildman–Crippen LogP) is 7.35. The molecule has 2 heterocycles. The molecule has 0 spiro atoms. The maximum Gasteiger partial charge on any atom is 0.410 e. The number of fused-ring (bicyclic) bond motifs is 2. The average molecular weight is 646 g/mol. The molecule has 1 atom stereocenters. The van der Waals surface area contributed by atoms with Crippen molar-refractivity contribution in [2.45, 2.75) is 56.4 Å². The number of anilines is 2. The fraction of sp³-hybridized carbons (Fsp3) is 0.294. The summed E-state index contributed by atoms with van der Waals surface area (Å²) >= 11 is 2.60. The van der Waals surface area contributed by atoms with E-state index in [1.54, 1.807) is 24.0 Å². The second-order valence-corrected chi connectivity index (χ2v) is 14.2. The predicted molar refractivity (Wildman–Crippen MR) is 178 cm³/mol. The van der Waals surface area contributed by atoms with E-state index >= 15 is 0 Å². The minimum absolute atomic E-state index is 0.226. The van der Waals surface area contributed by atoms with Gasteiger partial charge in [-0.15, -0.1) is 23.1 Å². The van der Waals surface area contributed by atoms with Crippen molar-refractivity contribution >= 4 is 68.4 Å². The van der Waals surface area contributed by atoms with E-state index < -0.39 is 22.9 Å².